The zero-order chi connectivity index (χ0) is 10.2. The van der Waals surface area contributed by atoms with E-state index in [1.807, 2.05) is 0 Å². The molecule has 0 radical (unpaired) electrons. The monoisotopic (exact) mass is 211 g/mol. The molecule has 1 rings (SSSR count). The smallest absolute Gasteiger partial charge is 0.0348 e. The van der Waals surface area contributed by atoms with Crippen molar-refractivity contribution >= 4 is 11.6 Å². The van der Waals surface area contributed by atoms with Crippen molar-refractivity contribution in [3.63, 3.8) is 0 Å². The van der Waals surface area contributed by atoms with Crippen molar-refractivity contribution in [2.24, 2.45) is 0 Å². The number of alkyl halides is 1. The Bertz CT molecular complexity index is 243. The molecular weight excluding hydrogens is 194 g/mol. The van der Waals surface area contributed by atoms with Gasteiger partial charge in [-0.15, -0.1) is 11.6 Å². The molecule has 0 atom stereocenters. The molecular formula is C12H18ClN. The molecule has 0 saturated heterocycles. The average molecular weight is 212 g/mol. The van der Waals surface area contributed by atoms with Crippen molar-refractivity contribution in [3.05, 3.63) is 35.4 Å². The maximum atomic E-state index is 5.57. The lowest BCUT2D eigenvalue weighted by atomic mass is 10.1. The minimum absolute atomic E-state index is 0.675. The molecule has 78 valence electrons. The van der Waals surface area contributed by atoms with Crippen LogP contribution in [-0.4, -0.2) is 12.4 Å². The van der Waals surface area contributed by atoms with Crippen LogP contribution in [0.3, 0.4) is 0 Å². The van der Waals surface area contributed by atoms with Gasteiger partial charge in [0.2, 0.25) is 0 Å². The van der Waals surface area contributed by atoms with Crippen LogP contribution in [0.2, 0.25) is 0 Å². The zero-order valence-corrected chi connectivity index (χ0v) is 9.48. The Morgan fingerprint density at radius 3 is 2.36 bits per heavy atom. The highest BCUT2D eigenvalue weighted by Gasteiger charge is 1.93. The average Bonchev–Trinajstić information content (AvgIpc) is 2.21. The van der Waals surface area contributed by atoms with Gasteiger partial charge in [0, 0.05) is 19.0 Å². The van der Waals surface area contributed by atoms with Crippen molar-refractivity contribution in [3.8, 4) is 0 Å². The van der Waals surface area contributed by atoms with E-state index < -0.39 is 0 Å². The first-order valence-corrected chi connectivity index (χ1v) is 5.74. The molecule has 0 saturated carbocycles. The van der Waals surface area contributed by atoms with E-state index in [9.17, 15) is 0 Å². The molecule has 1 aromatic carbocycles. The summed E-state index contributed by atoms with van der Waals surface area (Å²) < 4.78 is 0. The lowest BCUT2D eigenvalue weighted by Crippen LogP contribution is -2.15. The van der Waals surface area contributed by atoms with E-state index in [0.717, 1.165) is 13.1 Å². The Balaban J connectivity index is 2.38. The maximum absolute atomic E-state index is 5.57. The van der Waals surface area contributed by atoms with Gasteiger partial charge in [0.05, 0.1) is 0 Å². The standard InChI is InChI=1S/C12H18ClN/c1-2-3-11-4-6-12(7-5-11)10-14-9-8-13/h4-7,14H,2-3,8-10H2,1H3. The molecule has 1 aromatic rings. The third-order valence-corrected chi connectivity index (χ3v) is 2.35. The van der Waals surface area contributed by atoms with Crippen molar-refractivity contribution < 1.29 is 0 Å². The Labute approximate surface area is 91.5 Å². The van der Waals surface area contributed by atoms with Crippen molar-refractivity contribution in [2.45, 2.75) is 26.3 Å². The Hall–Kier alpha value is -0.530. The van der Waals surface area contributed by atoms with E-state index in [-0.39, 0.29) is 0 Å². The van der Waals surface area contributed by atoms with Crippen LogP contribution < -0.4 is 5.32 Å². The molecule has 0 heterocycles. The van der Waals surface area contributed by atoms with Gasteiger partial charge in [-0.3, -0.25) is 0 Å². The summed E-state index contributed by atoms with van der Waals surface area (Å²) >= 11 is 5.57. The fraction of sp³-hybridized carbons (Fsp3) is 0.500. The Morgan fingerprint density at radius 1 is 1.14 bits per heavy atom. The molecule has 0 unspecified atom stereocenters. The van der Waals surface area contributed by atoms with Crippen LogP contribution in [0.4, 0.5) is 0 Å². The van der Waals surface area contributed by atoms with Crippen molar-refractivity contribution in [2.75, 3.05) is 12.4 Å². The van der Waals surface area contributed by atoms with Gasteiger partial charge in [0.15, 0.2) is 0 Å². The van der Waals surface area contributed by atoms with E-state index in [0.29, 0.717) is 5.88 Å². The summed E-state index contributed by atoms with van der Waals surface area (Å²) in [5.74, 6) is 0.675. The fourth-order valence-corrected chi connectivity index (χ4v) is 1.55. The lowest BCUT2D eigenvalue weighted by Gasteiger charge is -2.04. The highest BCUT2D eigenvalue weighted by Crippen LogP contribution is 2.06. The number of halogens is 1. The summed E-state index contributed by atoms with van der Waals surface area (Å²) in [6.07, 6.45) is 2.39. The molecule has 0 aliphatic heterocycles. The predicted octanol–water partition coefficient (Wildman–Crippen LogP) is 2.97. The predicted molar refractivity (Wildman–Crippen MR) is 62.9 cm³/mol. The van der Waals surface area contributed by atoms with Gasteiger partial charge in [-0.05, 0) is 17.5 Å². The SMILES string of the molecule is CCCc1ccc(CNCCCl)cc1. The van der Waals surface area contributed by atoms with E-state index in [1.54, 1.807) is 0 Å². The number of nitrogens with one attached hydrogen (secondary N) is 1. The van der Waals surface area contributed by atoms with Gasteiger partial charge in [0.1, 0.15) is 0 Å². The molecule has 1 N–H and O–H groups in total. The number of benzene rings is 1. The molecule has 0 amide bonds. The van der Waals surface area contributed by atoms with Gasteiger partial charge in [-0.25, -0.2) is 0 Å². The normalized spacial score (nSPS) is 10.4. The van der Waals surface area contributed by atoms with Crippen molar-refractivity contribution in [1.29, 1.82) is 0 Å². The van der Waals surface area contributed by atoms with E-state index >= 15 is 0 Å². The Morgan fingerprint density at radius 2 is 1.79 bits per heavy atom. The molecule has 0 fully saturated rings. The molecule has 14 heavy (non-hydrogen) atoms. The summed E-state index contributed by atoms with van der Waals surface area (Å²) in [4.78, 5) is 0. The van der Waals surface area contributed by atoms with E-state index in [1.165, 1.54) is 24.0 Å². The Kier molecular flexibility index (Phi) is 5.65. The molecule has 0 bridgehead atoms. The number of hydrogen-bond acceptors (Lipinski definition) is 1. The highest BCUT2D eigenvalue weighted by molar-refractivity contribution is 6.18. The second-order valence-electron chi connectivity index (χ2n) is 3.43. The topological polar surface area (TPSA) is 12.0 Å². The summed E-state index contributed by atoms with van der Waals surface area (Å²) in [6, 6.07) is 8.79. The van der Waals surface area contributed by atoms with E-state index in [4.69, 9.17) is 11.6 Å². The van der Waals surface area contributed by atoms with Crippen LogP contribution in [0.25, 0.3) is 0 Å². The molecule has 0 aliphatic carbocycles. The molecule has 0 aliphatic rings. The molecule has 0 spiro atoms. The second kappa shape index (κ2) is 6.86. The fourth-order valence-electron chi connectivity index (χ4n) is 1.41. The van der Waals surface area contributed by atoms with Crippen LogP contribution in [0, 0.1) is 0 Å². The van der Waals surface area contributed by atoms with Gasteiger partial charge < -0.3 is 5.32 Å². The van der Waals surface area contributed by atoms with Crippen LogP contribution in [0.5, 0.6) is 0 Å². The molecule has 1 nitrogen and oxygen atoms in total. The largest absolute Gasteiger partial charge is 0.311 e. The van der Waals surface area contributed by atoms with Crippen LogP contribution >= 0.6 is 11.6 Å². The second-order valence-corrected chi connectivity index (χ2v) is 3.81. The van der Waals surface area contributed by atoms with Crippen LogP contribution in [-0.2, 0) is 13.0 Å². The van der Waals surface area contributed by atoms with Crippen LogP contribution in [0.1, 0.15) is 24.5 Å². The minimum atomic E-state index is 0.675. The number of hydrogen-bond donors (Lipinski definition) is 1. The highest BCUT2D eigenvalue weighted by atomic mass is 35.5. The van der Waals surface area contributed by atoms with Gasteiger partial charge in [-0.2, -0.15) is 0 Å². The summed E-state index contributed by atoms with van der Waals surface area (Å²) in [5, 5.41) is 3.27. The lowest BCUT2D eigenvalue weighted by molar-refractivity contribution is 0.729. The third kappa shape index (κ3) is 4.12. The first kappa shape index (κ1) is 11.5. The first-order chi connectivity index (χ1) is 6.86. The molecule has 0 aromatic heterocycles. The van der Waals surface area contributed by atoms with Gasteiger partial charge in [-0.1, -0.05) is 37.6 Å². The maximum Gasteiger partial charge on any atom is 0.0348 e. The van der Waals surface area contributed by atoms with Crippen LogP contribution in [0.15, 0.2) is 24.3 Å². The minimum Gasteiger partial charge on any atom is -0.311 e. The summed E-state index contributed by atoms with van der Waals surface area (Å²) in [5.41, 5.74) is 2.75. The first-order valence-electron chi connectivity index (χ1n) is 5.21. The van der Waals surface area contributed by atoms with Gasteiger partial charge >= 0.3 is 0 Å². The van der Waals surface area contributed by atoms with Gasteiger partial charge in [0.25, 0.3) is 0 Å². The third-order valence-electron chi connectivity index (χ3n) is 2.16. The molecule has 2 heteroatoms. The van der Waals surface area contributed by atoms with E-state index in [2.05, 4.69) is 36.5 Å². The zero-order valence-electron chi connectivity index (χ0n) is 8.72. The summed E-state index contributed by atoms with van der Waals surface area (Å²) in [7, 11) is 0. The quantitative estimate of drug-likeness (QED) is 0.564. The summed E-state index contributed by atoms with van der Waals surface area (Å²) in [6.45, 7) is 3.99. The van der Waals surface area contributed by atoms with Crippen molar-refractivity contribution in [1.82, 2.24) is 5.32 Å². The number of rotatable bonds is 6. The number of aryl methyl sites for hydroxylation is 1.